The number of nitrogens with two attached hydrogens (primary N) is 1. The van der Waals surface area contributed by atoms with Crippen LogP contribution in [0.1, 0.15) is 63.2 Å². The minimum absolute atomic E-state index is 0.153. The number of hydrogen-bond acceptors (Lipinski definition) is 6. The van der Waals surface area contributed by atoms with Gasteiger partial charge in [-0.2, -0.15) is 0 Å². The molecule has 0 aromatic heterocycles. The SMILES string of the molecule is CC(C)(C)OC(=O)C(CCCCCCN)C(=O)O.COc1cccc(Br)c1C(=O)O. The summed E-state index contributed by atoms with van der Waals surface area (Å²) < 4.78 is 10.5. The maximum atomic E-state index is 11.7. The summed E-state index contributed by atoms with van der Waals surface area (Å²) in [5.74, 6) is -3.45. The van der Waals surface area contributed by atoms with E-state index in [1.807, 2.05) is 0 Å². The first-order valence-electron chi connectivity index (χ1n) is 9.66. The molecule has 0 saturated heterocycles. The Labute approximate surface area is 185 Å². The van der Waals surface area contributed by atoms with Gasteiger partial charge in [-0.15, -0.1) is 0 Å². The van der Waals surface area contributed by atoms with E-state index >= 15 is 0 Å². The number of aliphatic carboxylic acids is 1. The van der Waals surface area contributed by atoms with Crippen LogP contribution in [-0.2, 0) is 14.3 Å². The molecule has 1 atom stereocenters. The van der Waals surface area contributed by atoms with E-state index in [9.17, 15) is 14.4 Å². The number of carbonyl (C=O) groups excluding carboxylic acids is 1. The van der Waals surface area contributed by atoms with Crippen LogP contribution in [0.25, 0.3) is 0 Å². The molecule has 1 unspecified atom stereocenters. The number of carbonyl (C=O) groups is 3. The lowest BCUT2D eigenvalue weighted by Crippen LogP contribution is -2.32. The van der Waals surface area contributed by atoms with Gasteiger partial charge in [-0.1, -0.05) is 25.3 Å². The van der Waals surface area contributed by atoms with Crippen LogP contribution in [0.15, 0.2) is 22.7 Å². The molecule has 0 saturated carbocycles. The molecule has 1 aromatic rings. The molecule has 1 rings (SSSR count). The maximum Gasteiger partial charge on any atom is 0.340 e. The Morgan fingerprint density at radius 1 is 1.10 bits per heavy atom. The third-order valence-electron chi connectivity index (χ3n) is 3.85. The summed E-state index contributed by atoms with van der Waals surface area (Å²) in [6, 6.07) is 4.98. The first-order valence-corrected chi connectivity index (χ1v) is 10.5. The molecule has 9 heteroatoms. The summed E-state index contributed by atoms with van der Waals surface area (Å²) in [5.41, 5.74) is 4.87. The van der Waals surface area contributed by atoms with Crippen LogP contribution in [0.5, 0.6) is 5.75 Å². The van der Waals surface area contributed by atoms with E-state index in [0.717, 1.165) is 19.3 Å². The second kappa shape index (κ2) is 14.0. The third kappa shape index (κ3) is 11.2. The lowest BCUT2D eigenvalue weighted by Gasteiger charge is -2.22. The standard InChI is InChI=1S/C13H25NO4.C8H7BrO3/c1-13(2,3)18-12(17)10(11(15)16)8-6-4-5-7-9-14;1-12-6-4-2-3-5(9)7(6)8(10)11/h10H,4-9,14H2,1-3H3,(H,15,16);2-4H,1H3,(H,10,11). The number of ether oxygens (including phenoxy) is 2. The summed E-state index contributed by atoms with van der Waals surface area (Å²) in [4.78, 5) is 33.4. The number of unbranched alkanes of at least 4 members (excludes halogenated alkanes) is 3. The largest absolute Gasteiger partial charge is 0.496 e. The van der Waals surface area contributed by atoms with Gasteiger partial charge in [0.25, 0.3) is 0 Å². The Hall–Kier alpha value is -2.13. The van der Waals surface area contributed by atoms with Crippen molar-refractivity contribution < 1.29 is 34.1 Å². The molecular weight excluding hydrogens is 458 g/mol. The molecule has 8 nitrogen and oxygen atoms in total. The van der Waals surface area contributed by atoms with Crippen LogP contribution in [0.4, 0.5) is 0 Å². The zero-order chi connectivity index (χ0) is 23.3. The third-order valence-corrected chi connectivity index (χ3v) is 4.51. The smallest absolute Gasteiger partial charge is 0.340 e. The van der Waals surface area contributed by atoms with Gasteiger partial charge < -0.3 is 25.4 Å². The van der Waals surface area contributed by atoms with E-state index in [-0.39, 0.29) is 5.56 Å². The zero-order valence-corrected chi connectivity index (χ0v) is 19.5. The molecule has 4 N–H and O–H groups in total. The molecule has 0 aliphatic heterocycles. The first kappa shape index (κ1) is 27.9. The minimum Gasteiger partial charge on any atom is -0.496 e. The molecule has 0 fully saturated rings. The number of aromatic carboxylic acids is 1. The number of esters is 1. The summed E-state index contributed by atoms with van der Waals surface area (Å²) in [6.45, 7) is 5.83. The van der Waals surface area contributed by atoms with Gasteiger partial charge in [0.2, 0.25) is 0 Å². The predicted octanol–water partition coefficient (Wildman–Crippen LogP) is 4.09. The predicted molar refractivity (Wildman–Crippen MR) is 117 cm³/mol. The topological polar surface area (TPSA) is 136 Å². The second-order valence-corrected chi connectivity index (χ2v) is 8.39. The van der Waals surface area contributed by atoms with Crippen LogP contribution in [0, 0.1) is 5.92 Å². The number of benzene rings is 1. The minimum atomic E-state index is -1.11. The van der Waals surface area contributed by atoms with E-state index in [0.29, 0.717) is 29.6 Å². The first-order chi connectivity index (χ1) is 13.9. The molecule has 0 spiro atoms. The molecule has 0 bridgehead atoms. The van der Waals surface area contributed by atoms with Gasteiger partial charge in [0.15, 0.2) is 5.92 Å². The molecule has 0 radical (unpaired) electrons. The number of halogens is 1. The summed E-state index contributed by atoms with van der Waals surface area (Å²) in [6.07, 6.45) is 3.83. The highest BCUT2D eigenvalue weighted by Crippen LogP contribution is 2.26. The van der Waals surface area contributed by atoms with Crippen molar-refractivity contribution in [3.05, 3.63) is 28.2 Å². The van der Waals surface area contributed by atoms with Gasteiger partial charge in [0, 0.05) is 4.47 Å². The fourth-order valence-electron chi connectivity index (χ4n) is 2.44. The van der Waals surface area contributed by atoms with Gasteiger partial charge in [0.05, 0.1) is 7.11 Å². The summed E-state index contributed by atoms with van der Waals surface area (Å²) in [5, 5.41) is 17.8. The van der Waals surface area contributed by atoms with Gasteiger partial charge in [0.1, 0.15) is 16.9 Å². The molecule has 0 aliphatic carbocycles. The Kier molecular flexibility index (Phi) is 13.0. The quantitative estimate of drug-likeness (QED) is 0.253. The number of rotatable bonds is 10. The zero-order valence-electron chi connectivity index (χ0n) is 17.9. The average molecular weight is 490 g/mol. The average Bonchev–Trinajstić information content (AvgIpc) is 2.62. The number of carboxylic acids is 2. The highest BCUT2D eigenvalue weighted by molar-refractivity contribution is 9.10. The fourth-order valence-corrected chi connectivity index (χ4v) is 2.96. The second-order valence-electron chi connectivity index (χ2n) is 7.54. The van der Waals surface area contributed by atoms with E-state index < -0.39 is 29.4 Å². The van der Waals surface area contributed by atoms with Crippen LogP contribution in [0.2, 0.25) is 0 Å². The van der Waals surface area contributed by atoms with Crippen molar-refractivity contribution in [3.8, 4) is 5.75 Å². The van der Waals surface area contributed by atoms with Crippen molar-refractivity contribution in [2.45, 2.75) is 58.5 Å². The van der Waals surface area contributed by atoms with Gasteiger partial charge in [-0.05, 0) is 68.2 Å². The Bertz CT molecular complexity index is 701. The van der Waals surface area contributed by atoms with Crippen LogP contribution in [0.3, 0.4) is 0 Å². The maximum absolute atomic E-state index is 11.7. The Morgan fingerprint density at radius 2 is 1.70 bits per heavy atom. The van der Waals surface area contributed by atoms with Crippen molar-refractivity contribution in [2.24, 2.45) is 11.7 Å². The molecule has 0 aliphatic rings. The monoisotopic (exact) mass is 489 g/mol. The number of methoxy groups -OCH3 is 1. The van der Waals surface area contributed by atoms with Crippen molar-refractivity contribution >= 4 is 33.8 Å². The van der Waals surface area contributed by atoms with Crippen molar-refractivity contribution in [1.29, 1.82) is 0 Å². The Balaban J connectivity index is 0.000000604. The molecular formula is C21H32BrNO7. The fraction of sp³-hybridized carbons (Fsp3) is 0.571. The van der Waals surface area contributed by atoms with Crippen molar-refractivity contribution in [2.75, 3.05) is 13.7 Å². The summed E-state index contributed by atoms with van der Waals surface area (Å²) >= 11 is 3.13. The van der Waals surface area contributed by atoms with Gasteiger partial charge in [-0.3, -0.25) is 9.59 Å². The molecule has 0 heterocycles. The Morgan fingerprint density at radius 3 is 2.13 bits per heavy atom. The van der Waals surface area contributed by atoms with Gasteiger partial charge >= 0.3 is 17.9 Å². The highest BCUT2D eigenvalue weighted by atomic mass is 79.9. The van der Waals surface area contributed by atoms with Crippen LogP contribution >= 0.6 is 15.9 Å². The van der Waals surface area contributed by atoms with Crippen molar-refractivity contribution in [3.63, 3.8) is 0 Å². The molecule has 170 valence electrons. The van der Waals surface area contributed by atoms with E-state index in [1.165, 1.54) is 7.11 Å². The van der Waals surface area contributed by atoms with Crippen LogP contribution in [-0.4, -0.2) is 47.4 Å². The molecule has 1 aromatic carbocycles. The summed E-state index contributed by atoms with van der Waals surface area (Å²) in [7, 11) is 1.44. The molecule has 0 amide bonds. The normalized spacial score (nSPS) is 11.7. The lowest BCUT2D eigenvalue weighted by atomic mass is 10.0. The van der Waals surface area contributed by atoms with E-state index in [4.69, 9.17) is 25.4 Å². The number of carboxylic acid groups (broad SMARTS) is 2. The molecule has 30 heavy (non-hydrogen) atoms. The van der Waals surface area contributed by atoms with Gasteiger partial charge in [-0.25, -0.2) is 4.79 Å². The highest BCUT2D eigenvalue weighted by Gasteiger charge is 2.30. The van der Waals surface area contributed by atoms with Crippen LogP contribution < -0.4 is 10.5 Å². The van der Waals surface area contributed by atoms with Crippen molar-refractivity contribution in [1.82, 2.24) is 0 Å². The van der Waals surface area contributed by atoms with E-state index in [2.05, 4.69) is 15.9 Å². The lowest BCUT2D eigenvalue weighted by molar-refractivity contribution is -0.167. The number of hydrogen-bond donors (Lipinski definition) is 3. The van der Waals surface area contributed by atoms with E-state index in [1.54, 1.807) is 39.0 Å².